The van der Waals surface area contributed by atoms with Gasteiger partial charge in [0.25, 0.3) is 0 Å². The van der Waals surface area contributed by atoms with Gasteiger partial charge < -0.3 is 14.9 Å². The molecule has 0 radical (unpaired) electrons. The van der Waals surface area contributed by atoms with Gasteiger partial charge in [-0.1, -0.05) is 0 Å². The molecule has 1 aromatic heterocycles. The smallest absolute Gasteiger partial charge is 0.400 e. The zero-order valence-electron chi connectivity index (χ0n) is 9.20. The predicted octanol–water partition coefficient (Wildman–Crippen LogP) is 0.835. The van der Waals surface area contributed by atoms with Crippen LogP contribution in [0.1, 0.15) is 5.76 Å². The molecule has 1 heterocycles. The van der Waals surface area contributed by atoms with Crippen molar-refractivity contribution in [1.29, 1.82) is 0 Å². The Bertz CT molecular complexity index is 393. The molecule has 0 saturated heterocycles. The fourth-order valence-corrected chi connectivity index (χ4v) is 1.53. The van der Waals surface area contributed by atoms with Crippen molar-refractivity contribution >= 4 is 23.9 Å². The van der Waals surface area contributed by atoms with E-state index in [2.05, 4.69) is 10.5 Å². The summed E-state index contributed by atoms with van der Waals surface area (Å²) in [6.45, 7) is 0.320. The molecule has 1 unspecified atom stereocenters. The number of aliphatic hydroxyl groups excluding tert-OH is 1. The van der Waals surface area contributed by atoms with Crippen LogP contribution in [0.5, 0.6) is 0 Å². The largest absolute Gasteiger partial charge is 0.433 e. The highest BCUT2D eigenvalue weighted by Gasteiger charge is 2.10. The normalized spacial score (nSPS) is 12.8. The third kappa shape index (κ3) is 4.87. The van der Waals surface area contributed by atoms with Crippen molar-refractivity contribution in [3.05, 3.63) is 28.0 Å². The summed E-state index contributed by atoms with van der Waals surface area (Å²) in [5.74, 6) is 0.576. The van der Waals surface area contributed by atoms with Gasteiger partial charge in [-0.05, 0) is 12.3 Å². The van der Waals surface area contributed by atoms with Gasteiger partial charge in [0.2, 0.25) is 0 Å². The topological polar surface area (TPSA) is 101 Å². The molecular weight excluding hydrogens is 246 g/mol. The van der Waals surface area contributed by atoms with E-state index in [1.165, 1.54) is 30.1 Å². The fraction of sp³-hybridized carbons (Fsp3) is 0.444. The van der Waals surface area contributed by atoms with Crippen LogP contribution in [0, 0.1) is 10.1 Å². The fourth-order valence-electron chi connectivity index (χ4n) is 1.03. The van der Waals surface area contributed by atoms with E-state index in [9.17, 15) is 15.2 Å². The molecular formula is C9H13N3O4S. The molecule has 0 saturated carbocycles. The summed E-state index contributed by atoms with van der Waals surface area (Å²) in [4.78, 5) is 9.70. The molecule has 17 heavy (non-hydrogen) atoms. The summed E-state index contributed by atoms with van der Waals surface area (Å²) in [7, 11) is 0. The average molecular weight is 259 g/mol. The minimum atomic E-state index is -0.618. The number of hydrazone groups is 1. The van der Waals surface area contributed by atoms with Crippen LogP contribution in [-0.4, -0.2) is 40.9 Å². The Morgan fingerprint density at radius 2 is 2.53 bits per heavy atom. The van der Waals surface area contributed by atoms with Gasteiger partial charge in [-0.15, -0.1) is 0 Å². The van der Waals surface area contributed by atoms with Crippen LogP contribution < -0.4 is 5.43 Å². The van der Waals surface area contributed by atoms with Crippen LogP contribution >= 0.6 is 11.8 Å². The maximum atomic E-state index is 10.3. The highest BCUT2D eigenvalue weighted by atomic mass is 32.2. The molecule has 0 fully saturated rings. The summed E-state index contributed by atoms with van der Waals surface area (Å²) >= 11 is 1.54. The van der Waals surface area contributed by atoms with Crippen LogP contribution in [0.3, 0.4) is 0 Å². The van der Waals surface area contributed by atoms with Gasteiger partial charge in [0.05, 0.1) is 24.9 Å². The summed E-state index contributed by atoms with van der Waals surface area (Å²) in [6.07, 6.45) is 2.74. The highest BCUT2D eigenvalue weighted by Crippen LogP contribution is 2.13. The second-order valence-electron chi connectivity index (χ2n) is 3.16. The number of nitro groups is 1. The molecule has 0 aliphatic rings. The number of hydrogen-bond acceptors (Lipinski definition) is 7. The number of rotatable bonds is 7. The number of hydrogen-bond donors (Lipinski definition) is 2. The van der Waals surface area contributed by atoms with Gasteiger partial charge in [-0.2, -0.15) is 16.9 Å². The zero-order chi connectivity index (χ0) is 12.7. The lowest BCUT2D eigenvalue weighted by molar-refractivity contribution is -0.402. The highest BCUT2D eigenvalue weighted by molar-refractivity contribution is 7.98. The molecule has 7 nitrogen and oxygen atoms in total. The van der Waals surface area contributed by atoms with Crippen molar-refractivity contribution in [3.63, 3.8) is 0 Å². The van der Waals surface area contributed by atoms with E-state index in [1.807, 2.05) is 6.26 Å². The lowest BCUT2D eigenvalue weighted by atomic mass is 10.4. The van der Waals surface area contributed by atoms with E-state index >= 15 is 0 Å². The Balaban J connectivity index is 2.35. The van der Waals surface area contributed by atoms with Crippen LogP contribution in [0.25, 0.3) is 0 Å². The summed E-state index contributed by atoms with van der Waals surface area (Å²) in [5.41, 5.74) is 2.63. The monoisotopic (exact) mass is 259 g/mol. The van der Waals surface area contributed by atoms with Crippen molar-refractivity contribution in [2.75, 3.05) is 18.6 Å². The van der Waals surface area contributed by atoms with E-state index in [4.69, 9.17) is 4.42 Å². The van der Waals surface area contributed by atoms with Gasteiger partial charge in [0.15, 0.2) is 5.76 Å². The molecule has 0 aliphatic heterocycles. The Kier molecular flexibility index (Phi) is 5.50. The first-order chi connectivity index (χ1) is 8.13. The Hall–Kier alpha value is -1.54. The van der Waals surface area contributed by atoms with E-state index in [-0.39, 0.29) is 11.6 Å². The van der Waals surface area contributed by atoms with Crippen LogP contribution in [0.2, 0.25) is 0 Å². The number of nitrogens with zero attached hydrogens (tertiary/aromatic N) is 2. The van der Waals surface area contributed by atoms with Gasteiger partial charge in [-0.3, -0.25) is 10.1 Å². The average Bonchev–Trinajstić information content (AvgIpc) is 2.73. The summed E-state index contributed by atoms with van der Waals surface area (Å²) in [5, 5.41) is 23.5. The van der Waals surface area contributed by atoms with Gasteiger partial charge in [0, 0.05) is 5.75 Å². The molecule has 2 N–H and O–H groups in total. The van der Waals surface area contributed by atoms with Crippen LogP contribution in [-0.2, 0) is 0 Å². The third-order valence-electron chi connectivity index (χ3n) is 1.76. The maximum absolute atomic E-state index is 10.3. The van der Waals surface area contributed by atoms with Crippen molar-refractivity contribution < 1.29 is 14.4 Å². The van der Waals surface area contributed by atoms with E-state index in [1.54, 1.807) is 0 Å². The predicted molar refractivity (Wildman–Crippen MR) is 65.3 cm³/mol. The third-order valence-corrected chi connectivity index (χ3v) is 2.48. The lowest BCUT2D eigenvalue weighted by Gasteiger charge is -2.06. The molecule has 1 rings (SSSR count). The SMILES string of the molecule is CSCC(O)CNN=Cc1ccc([N+](=O)[O-])o1. The maximum Gasteiger partial charge on any atom is 0.433 e. The number of aliphatic hydroxyl groups is 1. The van der Waals surface area contributed by atoms with Crippen molar-refractivity contribution in [2.45, 2.75) is 6.10 Å². The molecule has 0 aromatic carbocycles. The standard InChI is InChI=1S/C9H13N3O4S/c1-17-6-7(13)4-10-11-5-8-2-3-9(16-8)12(14)15/h2-3,5,7,10,13H,4,6H2,1H3. The first kappa shape index (κ1) is 13.5. The summed E-state index contributed by atoms with van der Waals surface area (Å²) in [6, 6.07) is 2.70. The molecule has 8 heteroatoms. The number of thioether (sulfide) groups is 1. The van der Waals surface area contributed by atoms with Crippen molar-refractivity contribution in [3.8, 4) is 0 Å². The second kappa shape index (κ2) is 6.92. The minimum absolute atomic E-state index is 0.281. The molecule has 0 amide bonds. The Labute approximate surface area is 102 Å². The van der Waals surface area contributed by atoms with Gasteiger partial charge in [0.1, 0.15) is 4.92 Å². The molecule has 94 valence electrons. The zero-order valence-corrected chi connectivity index (χ0v) is 10.0. The molecule has 0 spiro atoms. The second-order valence-corrected chi connectivity index (χ2v) is 4.07. The molecule has 1 aromatic rings. The first-order valence-corrected chi connectivity index (χ1v) is 6.20. The van der Waals surface area contributed by atoms with E-state index < -0.39 is 11.0 Å². The van der Waals surface area contributed by atoms with Gasteiger partial charge >= 0.3 is 5.88 Å². The Morgan fingerprint density at radius 1 is 1.76 bits per heavy atom. The summed E-state index contributed by atoms with van der Waals surface area (Å²) < 4.78 is 4.84. The van der Waals surface area contributed by atoms with E-state index in [0.29, 0.717) is 12.3 Å². The molecule has 0 bridgehead atoms. The first-order valence-electron chi connectivity index (χ1n) is 4.80. The van der Waals surface area contributed by atoms with Crippen molar-refractivity contribution in [2.24, 2.45) is 5.10 Å². The quantitative estimate of drug-likeness (QED) is 0.427. The number of furan rings is 1. The molecule has 0 aliphatic carbocycles. The van der Waals surface area contributed by atoms with Crippen molar-refractivity contribution in [1.82, 2.24) is 5.43 Å². The van der Waals surface area contributed by atoms with Gasteiger partial charge in [-0.25, -0.2) is 0 Å². The Morgan fingerprint density at radius 3 is 3.12 bits per heavy atom. The molecule has 1 atom stereocenters. The van der Waals surface area contributed by atoms with Crippen LogP contribution in [0.4, 0.5) is 5.88 Å². The lowest BCUT2D eigenvalue weighted by Crippen LogP contribution is -2.24. The van der Waals surface area contributed by atoms with E-state index in [0.717, 1.165) is 0 Å². The number of nitrogens with one attached hydrogen (secondary N) is 1. The minimum Gasteiger partial charge on any atom is -0.400 e. The van der Waals surface area contributed by atoms with Crippen LogP contribution in [0.15, 0.2) is 21.7 Å².